The van der Waals surface area contributed by atoms with Gasteiger partial charge in [0.1, 0.15) is 5.69 Å². The van der Waals surface area contributed by atoms with Crippen molar-refractivity contribution < 1.29 is 9.59 Å². The van der Waals surface area contributed by atoms with Crippen LogP contribution < -0.4 is 10.2 Å². The van der Waals surface area contributed by atoms with Crippen LogP contribution in [0.15, 0.2) is 66.9 Å². The van der Waals surface area contributed by atoms with Gasteiger partial charge in [-0.15, -0.1) is 0 Å². The molecule has 142 valence electrons. The van der Waals surface area contributed by atoms with Gasteiger partial charge in [-0.3, -0.25) is 14.6 Å². The predicted octanol–water partition coefficient (Wildman–Crippen LogP) is 4.62. The molecule has 28 heavy (non-hydrogen) atoms. The molecule has 0 radical (unpaired) electrons. The largest absolute Gasteiger partial charge is 0.321 e. The molecule has 1 aromatic heterocycles. The number of aromatic nitrogens is 1. The van der Waals surface area contributed by atoms with Crippen LogP contribution in [0.25, 0.3) is 0 Å². The van der Waals surface area contributed by atoms with E-state index in [1.807, 2.05) is 69.3 Å². The van der Waals surface area contributed by atoms with Gasteiger partial charge in [-0.1, -0.05) is 24.3 Å². The highest BCUT2D eigenvalue weighted by Gasteiger charge is 2.18. The second kappa shape index (κ2) is 8.48. The first kappa shape index (κ1) is 19.3. The molecule has 5 heteroatoms. The Morgan fingerprint density at radius 2 is 1.64 bits per heavy atom. The number of nitrogens with zero attached hydrogens (tertiary/aromatic N) is 2. The summed E-state index contributed by atoms with van der Waals surface area (Å²) in [6, 6.07) is 18.4. The quantitative estimate of drug-likeness (QED) is 0.710. The van der Waals surface area contributed by atoms with Crippen molar-refractivity contribution in [2.45, 2.75) is 20.8 Å². The number of carbonyl (C=O) groups is 2. The lowest BCUT2D eigenvalue weighted by Gasteiger charge is -2.21. The van der Waals surface area contributed by atoms with Crippen molar-refractivity contribution in [3.05, 3.63) is 89.2 Å². The van der Waals surface area contributed by atoms with Crippen LogP contribution in [0.4, 0.5) is 11.4 Å². The number of hydrogen-bond acceptors (Lipinski definition) is 3. The lowest BCUT2D eigenvalue weighted by Crippen LogP contribution is -2.30. The van der Waals surface area contributed by atoms with E-state index in [0.717, 1.165) is 16.8 Å². The monoisotopic (exact) mass is 373 g/mol. The van der Waals surface area contributed by atoms with E-state index in [-0.39, 0.29) is 17.5 Å². The number of nitrogens with one attached hydrogen (secondary N) is 1. The first-order valence-corrected chi connectivity index (χ1v) is 9.20. The highest BCUT2D eigenvalue weighted by Crippen LogP contribution is 2.18. The Labute approximate surface area is 165 Å². The minimum absolute atomic E-state index is 0.170. The number of anilines is 2. The summed E-state index contributed by atoms with van der Waals surface area (Å²) in [6.45, 7) is 6.39. The van der Waals surface area contributed by atoms with Gasteiger partial charge < -0.3 is 10.2 Å². The molecule has 0 saturated carbocycles. The summed E-state index contributed by atoms with van der Waals surface area (Å²) < 4.78 is 0. The average Bonchev–Trinajstić information content (AvgIpc) is 2.68. The van der Waals surface area contributed by atoms with Crippen molar-refractivity contribution in [1.29, 1.82) is 0 Å². The third-order valence-electron chi connectivity index (χ3n) is 4.35. The number of hydrogen-bond donors (Lipinski definition) is 1. The smallest absolute Gasteiger partial charge is 0.274 e. The topological polar surface area (TPSA) is 62.3 Å². The average molecular weight is 373 g/mol. The Morgan fingerprint density at radius 3 is 2.29 bits per heavy atom. The number of rotatable bonds is 5. The molecule has 3 rings (SSSR count). The lowest BCUT2D eigenvalue weighted by atomic mass is 10.1. The number of para-hydroxylation sites is 1. The van der Waals surface area contributed by atoms with Gasteiger partial charge in [-0.25, -0.2) is 0 Å². The maximum absolute atomic E-state index is 13.0. The van der Waals surface area contributed by atoms with Crippen molar-refractivity contribution in [2.75, 3.05) is 16.8 Å². The molecule has 0 bridgehead atoms. The van der Waals surface area contributed by atoms with Crippen molar-refractivity contribution in [2.24, 2.45) is 0 Å². The molecule has 0 aliphatic carbocycles. The Morgan fingerprint density at radius 1 is 0.964 bits per heavy atom. The van der Waals surface area contributed by atoms with Crippen LogP contribution in [-0.2, 0) is 0 Å². The Kier molecular flexibility index (Phi) is 5.84. The van der Waals surface area contributed by atoms with Crippen LogP contribution in [0.2, 0.25) is 0 Å². The Bertz CT molecular complexity index is 979. The molecule has 0 fully saturated rings. The van der Waals surface area contributed by atoms with E-state index in [0.29, 0.717) is 17.8 Å². The van der Waals surface area contributed by atoms with Gasteiger partial charge in [0.15, 0.2) is 0 Å². The van der Waals surface area contributed by atoms with Gasteiger partial charge in [0.05, 0.1) is 0 Å². The number of pyridine rings is 1. The summed E-state index contributed by atoms with van der Waals surface area (Å²) >= 11 is 0. The van der Waals surface area contributed by atoms with Crippen LogP contribution in [0, 0.1) is 13.8 Å². The SMILES string of the molecule is CCN(C(=O)c1ccnc(C(=O)Nc2cc(C)cc(C)c2)c1)c1ccccc1. The molecule has 0 spiro atoms. The molecule has 0 aliphatic rings. The fourth-order valence-electron chi connectivity index (χ4n) is 3.14. The summed E-state index contributed by atoms with van der Waals surface area (Å²) in [7, 11) is 0. The van der Waals surface area contributed by atoms with Crippen LogP contribution in [-0.4, -0.2) is 23.3 Å². The maximum atomic E-state index is 13.0. The van der Waals surface area contributed by atoms with Crippen molar-refractivity contribution in [3.63, 3.8) is 0 Å². The van der Waals surface area contributed by atoms with E-state index < -0.39 is 0 Å². The number of aryl methyl sites for hydroxylation is 2. The first-order chi connectivity index (χ1) is 13.5. The summed E-state index contributed by atoms with van der Waals surface area (Å²) in [5, 5.41) is 2.85. The maximum Gasteiger partial charge on any atom is 0.274 e. The molecule has 5 nitrogen and oxygen atoms in total. The summed E-state index contributed by atoms with van der Waals surface area (Å²) in [5.74, 6) is -0.515. The molecule has 0 atom stereocenters. The zero-order chi connectivity index (χ0) is 20.1. The van der Waals surface area contributed by atoms with Gasteiger partial charge in [0, 0.05) is 29.7 Å². The van der Waals surface area contributed by atoms with Crippen LogP contribution in [0.1, 0.15) is 38.9 Å². The zero-order valence-corrected chi connectivity index (χ0v) is 16.3. The lowest BCUT2D eigenvalue weighted by molar-refractivity contribution is 0.0988. The Hall–Kier alpha value is -3.47. The molecule has 3 aromatic rings. The third-order valence-corrected chi connectivity index (χ3v) is 4.35. The second-order valence-corrected chi connectivity index (χ2v) is 6.65. The molecule has 0 saturated heterocycles. The zero-order valence-electron chi connectivity index (χ0n) is 16.3. The number of carbonyl (C=O) groups excluding carboxylic acids is 2. The van der Waals surface area contributed by atoms with E-state index in [2.05, 4.69) is 10.3 Å². The predicted molar refractivity (Wildman–Crippen MR) is 112 cm³/mol. The number of benzene rings is 2. The normalized spacial score (nSPS) is 10.4. The summed E-state index contributed by atoms with van der Waals surface area (Å²) in [6.07, 6.45) is 1.49. The molecule has 1 N–H and O–H groups in total. The fourth-order valence-corrected chi connectivity index (χ4v) is 3.14. The first-order valence-electron chi connectivity index (χ1n) is 9.20. The van der Waals surface area contributed by atoms with Gasteiger partial charge in [0.2, 0.25) is 0 Å². The van der Waals surface area contributed by atoms with E-state index >= 15 is 0 Å². The third kappa shape index (κ3) is 4.43. The summed E-state index contributed by atoms with van der Waals surface area (Å²) in [5.41, 5.74) is 4.27. The standard InChI is InChI=1S/C23H23N3O2/c1-4-26(20-8-6-5-7-9-20)23(28)18-10-11-24-21(15-18)22(27)25-19-13-16(2)12-17(3)14-19/h5-15H,4H2,1-3H3,(H,25,27). The molecular formula is C23H23N3O2. The highest BCUT2D eigenvalue weighted by molar-refractivity contribution is 6.08. The minimum Gasteiger partial charge on any atom is -0.321 e. The number of amides is 2. The highest BCUT2D eigenvalue weighted by atomic mass is 16.2. The molecule has 2 amide bonds. The molecule has 1 heterocycles. The van der Waals surface area contributed by atoms with Crippen LogP contribution in [0.3, 0.4) is 0 Å². The molecule has 0 unspecified atom stereocenters. The minimum atomic E-state index is -0.345. The van der Waals surface area contributed by atoms with Gasteiger partial charge in [0.25, 0.3) is 11.8 Å². The van der Waals surface area contributed by atoms with Crippen LogP contribution >= 0.6 is 0 Å². The molecular weight excluding hydrogens is 350 g/mol. The van der Waals surface area contributed by atoms with Crippen molar-refractivity contribution in [1.82, 2.24) is 4.98 Å². The van der Waals surface area contributed by atoms with Gasteiger partial charge >= 0.3 is 0 Å². The molecule has 2 aromatic carbocycles. The van der Waals surface area contributed by atoms with Crippen molar-refractivity contribution >= 4 is 23.2 Å². The second-order valence-electron chi connectivity index (χ2n) is 6.65. The summed E-state index contributed by atoms with van der Waals surface area (Å²) in [4.78, 5) is 31.4. The van der Waals surface area contributed by atoms with E-state index in [4.69, 9.17) is 0 Å². The fraction of sp³-hybridized carbons (Fsp3) is 0.174. The van der Waals surface area contributed by atoms with E-state index in [1.165, 1.54) is 12.3 Å². The Balaban J connectivity index is 1.83. The van der Waals surface area contributed by atoms with E-state index in [1.54, 1.807) is 11.0 Å². The van der Waals surface area contributed by atoms with Crippen LogP contribution in [0.5, 0.6) is 0 Å². The van der Waals surface area contributed by atoms with Gasteiger partial charge in [-0.05, 0) is 68.3 Å². The van der Waals surface area contributed by atoms with Gasteiger partial charge in [-0.2, -0.15) is 0 Å². The van der Waals surface area contributed by atoms with E-state index in [9.17, 15) is 9.59 Å². The molecule has 0 aliphatic heterocycles. The van der Waals surface area contributed by atoms with Crippen molar-refractivity contribution in [3.8, 4) is 0 Å².